The van der Waals surface area contributed by atoms with Gasteiger partial charge in [0.05, 0.1) is 23.3 Å². The largest absolute Gasteiger partial charge is 0.480 e. The Morgan fingerprint density at radius 1 is 1.38 bits per heavy atom. The van der Waals surface area contributed by atoms with E-state index in [1.165, 1.54) is 17.1 Å². The number of benzene rings is 1. The molecule has 21 heavy (non-hydrogen) atoms. The number of hydrogen-bond acceptors (Lipinski definition) is 3. The number of halogens is 2. The number of hydrogen-bond donors (Lipinski definition) is 1. The maximum absolute atomic E-state index is 12.1. The van der Waals surface area contributed by atoms with Crippen LogP contribution in [0.1, 0.15) is 5.56 Å². The van der Waals surface area contributed by atoms with Crippen LogP contribution >= 0.6 is 23.2 Å². The Morgan fingerprint density at radius 3 is 2.86 bits per heavy atom. The minimum Gasteiger partial charge on any atom is -0.480 e. The first-order valence-electron chi connectivity index (χ1n) is 6.24. The van der Waals surface area contributed by atoms with Crippen molar-refractivity contribution in [3.63, 3.8) is 0 Å². The van der Waals surface area contributed by atoms with E-state index < -0.39 is 17.9 Å². The molecule has 1 aliphatic heterocycles. The molecule has 5 nitrogen and oxygen atoms in total. The van der Waals surface area contributed by atoms with Crippen LogP contribution in [0.5, 0.6) is 0 Å². The third kappa shape index (κ3) is 3.75. The van der Waals surface area contributed by atoms with Crippen LogP contribution in [0.4, 0.5) is 0 Å². The second kappa shape index (κ2) is 6.93. The van der Waals surface area contributed by atoms with Crippen LogP contribution in [0.15, 0.2) is 24.3 Å². The summed E-state index contributed by atoms with van der Waals surface area (Å²) in [5.74, 6) is -1.49. The zero-order chi connectivity index (χ0) is 15.4. The van der Waals surface area contributed by atoms with E-state index in [0.717, 1.165) is 0 Å². The van der Waals surface area contributed by atoms with Gasteiger partial charge in [0.25, 0.3) is 0 Å². The Labute approximate surface area is 131 Å². The van der Waals surface area contributed by atoms with Gasteiger partial charge >= 0.3 is 5.97 Å². The van der Waals surface area contributed by atoms with Crippen LogP contribution in [0.2, 0.25) is 10.0 Å². The van der Waals surface area contributed by atoms with Crippen molar-refractivity contribution in [1.82, 2.24) is 4.90 Å². The van der Waals surface area contributed by atoms with Crippen molar-refractivity contribution in [2.45, 2.75) is 6.04 Å². The summed E-state index contributed by atoms with van der Waals surface area (Å²) in [6.07, 6.45) is 2.81. The molecule has 1 aromatic carbocycles. The zero-order valence-corrected chi connectivity index (χ0v) is 12.5. The number of ether oxygens (including phenoxy) is 1. The van der Waals surface area contributed by atoms with Crippen molar-refractivity contribution in [3.8, 4) is 0 Å². The van der Waals surface area contributed by atoms with Gasteiger partial charge < -0.3 is 14.7 Å². The van der Waals surface area contributed by atoms with Gasteiger partial charge in [0, 0.05) is 12.6 Å². The number of rotatable bonds is 3. The van der Waals surface area contributed by atoms with Gasteiger partial charge in [0.1, 0.15) is 0 Å². The Kier molecular flexibility index (Phi) is 5.22. The van der Waals surface area contributed by atoms with E-state index in [0.29, 0.717) is 22.2 Å². The fourth-order valence-corrected chi connectivity index (χ4v) is 2.35. The number of morpholine rings is 1. The highest BCUT2D eigenvalue weighted by atomic mass is 35.5. The minimum absolute atomic E-state index is 0.00711. The summed E-state index contributed by atoms with van der Waals surface area (Å²) in [6.45, 7) is 0.553. The lowest BCUT2D eigenvalue weighted by molar-refractivity contribution is -0.156. The highest BCUT2D eigenvalue weighted by Crippen LogP contribution is 2.26. The van der Waals surface area contributed by atoms with Crippen LogP contribution < -0.4 is 0 Å². The topological polar surface area (TPSA) is 66.8 Å². The average molecular weight is 330 g/mol. The quantitative estimate of drug-likeness (QED) is 0.864. The average Bonchev–Trinajstić information content (AvgIpc) is 2.48. The summed E-state index contributed by atoms with van der Waals surface area (Å²) in [5, 5.41) is 9.82. The number of carboxylic acid groups (broad SMARTS) is 1. The Hall–Kier alpha value is -1.56. The molecule has 7 heteroatoms. The van der Waals surface area contributed by atoms with Gasteiger partial charge in [0.15, 0.2) is 6.04 Å². The second-order valence-corrected chi connectivity index (χ2v) is 5.22. The summed E-state index contributed by atoms with van der Waals surface area (Å²) in [5.41, 5.74) is 0.595. The standard InChI is InChI=1S/C14H13Cl2NO4/c15-10-3-1-2-9(13(10)16)4-5-12(18)17-6-7-21-8-11(17)14(19)20/h1-5,11H,6-8H2,(H,19,20)/b5-4+/t11-/m0/s1. The normalized spacial score (nSPS) is 19.0. The Morgan fingerprint density at radius 2 is 2.14 bits per heavy atom. The fourth-order valence-electron chi connectivity index (χ4n) is 1.98. The highest BCUT2D eigenvalue weighted by Gasteiger charge is 2.31. The van der Waals surface area contributed by atoms with Crippen LogP contribution in [0.25, 0.3) is 6.08 Å². The lowest BCUT2D eigenvalue weighted by Crippen LogP contribution is -2.52. The van der Waals surface area contributed by atoms with Gasteiger partial charge in [-0.1, -0.05) is 35.3 Å². The predicted octanol–water partition coefficient (Wildman–Crippen LogP) is 2.32. The van der Waals surface area contributed by atoms with Gasteiger partial charge in [-0.2, -0.15) is 0 Å². The number of nitrogens with zero attached hydrogens (tertiary/aromatic N) is 1. The van der Waals surface area contributed by atoms with Crippen LogP contribution in [0, 0.1) is 0 Å². The van der Waals surface area contributed by atoms with Crippen molar-refractivity contribution in [2.75, 3.05) is 19.8 Å². The predicted molar refractivity (Wildman–Crippen MR) is 79.5 cm³/mol. The number of amides is 1. The van der Waals surface area contributed by atoms with Crippen molar-refractivity contribution in [2.24, 2.45) is 0 Å². The third-order valence-corrected chi connectivity index (χ3v) is 3.92. The van der Waals surface area contributed by atoms with Crippen molar-refractivity contribution < 1.29 is 19.4 Å². The van der Waals surface area contributed by atoms with E-state index in [2.05, 4.69) is 0 Å². The number of aliphatic carboxylic acids is 1. The van der Waals surface area contributed by atoms with Crippen molar-refractivity contribution in [3.05, 3.63) is 39.9 Å². The van der Waals surface area contributed by atoms with E-state index in [1.807, 2.05) is 0 Å². The molecule has 0 aliphatic carbocycles. The maximum atomic E-state index is 12.1. The van der Waals surface area contributed by atoms with Gasteiger partial charge in [0.2, 0.25) is 5.91 Å². The first kappa shape index (κ1) is 15.8. The van der Waals surface area contributed by atoms with E-state index in [1.54, 1.807) is 18.2 Å². The molecule has 1 fully saturated rings. The molecule has 1 heterocycles. The summed E-state index contributed by atoms with van der Waals surface area (Å²) in [4.78, 5) is 24.5. The Balaban J connectivity index is 2.14. The van der Waals surface area contributed by atoms with Crippen LogP contribution in [-0.4, -0.2) is 47.7 Å². The molecule has 1 N–H and O–H groups in total. The molecular formula is C14H13Cl2NO4. The lowest BCUT2D eigenvalue weighted by Gasteiger charge is -2.32. The molecule has 112 valence electrons. The molecular weight excluding hydrogens is 317 g/mol. The first-order valence-corrected chi connectivity index (χ1v) is 6.99. The summed E-state index contributed by atoms with van der Waals surface area (Å²) >= 11 is 11.9. The highest BCUT2D eigenvalue weighted by molar-refractivity contribution is 6.42. The van der Waals surface area contributed by atoms with E-state index in [9.17, 15) is 9.59 Å². The second-order valence-electron chi connectivity index (χ2n) is 4.44. The Bertz CT molecular complexity index is 588. The molecule has 1 amide bonds. The van der Waals surface area contributed by atoms with Crippen molar-refractivity contribution in [1.29, 1.82) is 0 Å². The van der Waals surface area contributed by atoms with Gasteiger partial charge in [-0.15, -0.1) is 0 Å². The van der Waals surface area contributed by atoms with E-state index in [-0.39, 0.29) is 13.2 Å². The molecule has 0 radical (unpaired) electrons. The third-order valence-electron chi connectivity index (χ3n) is 3.08. The summed E-state index contributed by atoms with van der Waals surface area (Å²) < 4.78 is 5.08. The molecule has 0 spiro atoms. The molecule has 1 saturated heterocycles. The zero-order valence-electron chi connectivity index (χ0n) is 11.0. The van der Waals surface area contributed by atoms with Crippen molar-refractivity contribution >= 4 is 41.2 Å². The van der Waals surface area contributed by atoms with Gasteiger partial charge in [-0.05, 0) is 17.7 Å². The molecule has 1 aliphatic rings. The molecule has 0 aromatic heterocycles. The monoisotopic (exact) mass is 329 g/mol. The van der Waals surface area contributed by atoms with E-state index in [4.69, 9.17) is 33.0 Å². The summed E-state index contributed by atoms with van der Waals surface area (Å²) in [6, 6.07) is 4.11. The van der Waals surface area contributed by atoms with Crippen LogP contribution in [-0.2, 0) is 14.3 Å². The molecule has 1 aromatic rings. The smallest absolute Gasteiger partial charge is 0.328 e. The number of carbonyl (C=O) groups is 2. The molecule has 0 unspecified atom stereocenters. The van der Waals surface area contributed by atoms with E-state index >= 15 is 0 Å². The molecule has 2 rings (SSSR count). The first-order chi connectivity index (χ1) is 10.0. The minimum atomic E-state index is -1.09. The lowest BCUT2D eigenvalue weighted by atomic mass is 10.2. The van der Waals surface area contributed by atoms with Gasteiger partial charge in [-0.3, -0.25) is 4.79 Å². The number of carboxylic acids is 1. The van der Waals surface area contributed by atoms with Crippen LogP contribution in [0.3, 0.4) is 0 Å². The maximum Gasteiger partial charge on any atom is 0.328 e. The molecule has 0 bridgehead atoms. The van der Waals surface area contributed by atoms with Gasteiger partial charge in [-0.25, -0.2) is 4.79 Å². The number of carbonyl (C=O) groups excluding carboxylic acids is 1. The fraction of sp³-hybridized carbons (Fsp3) is 0.286. The summed E-state index contributed by atoms with van der Waals surface area (Å²) in [7, 11) is 0. The molecule has 0 saturated carbocycles. The SMILES string of the molecule is O=C(O)[C@@H]1COCCN1C(=O)/C=C/c1cccc(Cl)c1Cl. The molecule has 1 atom stereocenters.